The average Bonchev–Trinajstić information content (AvgIpc) is 3.05. The highest BCUT2D eigenvalue weighted by molar-refractivity contribution is 5.86. The minimum Gasteiger partial charge on any atom is -0.478 e. The topological polar surface area (TPSA) is 80.5 Å². The second-order valence-corrected chi connectivity index (χ2v) is 6.73. The second kappa shape index (κ2) is 6.01. The molecule has 0 amide bonds. The Morgan fingerprint density at radius 2 is 2.12 bits per heavy atom. The predicted molar refractivity (Wildman–Crippen MR) is 87.4 cm³/mol. The molecule has 0 aromatic carbocycles. The quantitative estimate of drug-likeness (QED) is 0.843. The van der Waals surface area contributed by atoms with Crippen molar-refractivity contribution in [1.29, 1.82) is 0 Å². The standard InChI is InChI=1S/C17H18F2N4O3/c1-26-9-14-10(5-23-6-11(4-20-23)16(24)25)2-3-15(21-14)22-7-12-13(8-22)17(12,18)19/h2-4,6,12-13H,5,7-9H2,1H3,(H,24,25). The minimum atomic E-state index is -2.52. The van der Waals surface area contributed by atoms with Gasteiger partial charge in [0.25, 0.3) is 5.92 Å². The van der Waals surface area contributed by atoms with Crippen molar-refractivity contribution in [1.82, 2.24) is 14.8 Å². The van der Waals surface area contributed by atoms with Crippen LogP contribution >= 0.6 is 0 Å². The Balaban J connectivity index is 1.53. The average molecular weight is 364 g/mol. The molecule has 3 heterocycles. The molecule has 1 N–H and O–H groups in total. The Labute approximate surface area is 148 Å². The molecule has 1 saturated carbocycles. The summed E-state index contributed by atoms with van der Waals surface area (Å²) in [7, 11) is 1.56. The van der Waals surface area contributed by atoms with E-state index >= 15 is 0 Å². The van der Waals surface area contributed by atoms with E-state index in [1.807, 2.05) is 11.0 Å². The predicted octanol–water partition coefficient (Wildman–Crippen LogP) is 1.87. The van der Waals surface area contributed by atoms with Gasteiger partial charge in [0.1, 0.15) is 5.82 Å². The molecule has 1 saturated heterocycles. The molecule has 0 spiro atoms. The van der Waals surface area contributed by atoms with Gasteiger partial charge in [-0.2, -0.15) is 5.10 Å². The molecule has 4 rings (SSSR count). The molecule has 7 nitrogen and oxygen atoms in total. The van der Waals surface area contributed by atoms with Gasteiger partial charge in [-0.05, 0) is 11.6 Å². The van der Waals surface area contributed by atoms with Crippen LogP contribution in [0, 0.1) is 11.8 Å². The van der Waals surface area contributed by atoms with Crippen molar-refractivity contribution < 1.29 is 23.4 Å². The van der Waals surface area contributed by atoms with E-state index in [0.717, 1.165) is 5.56 Å². The molecule has 2 aromatic rings. The van der Waals surface area contributed by atoms with Gasteiger partial charge in [-0.3, -0.25) is 4.68 Å². The van der Waals surface area contributed by atoms with Crippen LogP contribution in [0.2, 0.25) is 0 Å². The number of methoxy groups -OCH3 is 1. The summed E-state index contributed by atoms with van der Waals surface area (Å²) < 4.78 is 33.5. The maximum atomic E-state index is 13.4. The number of piperidine rings is 1. The van der Waals surface area contributed by atoms with E-state index in [-0.39, 0.29) is 12.2 Å². The lowest BCUT2D eigenvalue weighted by atomic mass is 10.2. The fourth-order valence-electron chi connectivity index (χ4n) is 3.53. The summed E-state index contributed by atoms with van der Waals surface area (Å²) in [5.74, 6) is -4.02. The van der Waals surface area contributed by atoms with Gasteiger partial charge < -0.3 is 14.7 Å². The molecule has 138 valence electrons. The maximum absolute atomic E-state index is 13.4. The van der Waals surface area contributed by atoms with Crippen LogP contribution in [0.5, 0.6) is 0 Å². The number of fused-ring (bicyclic) bond motifs is 1. The summed E-state index contributed by atoms with van der Waals surface area (Å²) >= 11 is 0. The number of ether oxygens (including phenoxy) is 1. The second-order valence-electron chi connectivity index (χ2n) is 6.73. The van der Waals surface area contributed by atoms with Gasteiger partial charge in [-0.25, -0.2) is 18.6 Å². The molecule has 1 aliphatic carbocycles. The molecule has 0 bridgehead atoms. The van der Waals surface area contributed by atoms with Gasteiger partial charge in [0.05, 0.1) is 42.4 Å². The van der Waals surface area contributed by atoms with E-state index in [9.17, 15) is 13.6 Å². The summed E-state index contributed by atoms with van der Waals surface area (Å²) in [6, 6.07) is 3.67. The zero-order chi connectivity index (χ0) is 18.5. The van der Waals surface area contributed by atoms with Gasteiger partial charge in [0.2, 0.25) is 0 Å². The first-order valence-corrected chi connectivity index (χ1v) is 8.26. The smallest absolute Gasteiger partial charge is 0.338 e. The number of aromatic nitrogens is 3. The molecule has 2 fully saturated rings. The van der Waals surface area contributed by atoms with Crippen LogP contribution < -0.4 is 4.90 Å². The lowest BCUT2D eigenvalue weighted by Gasteiger charge is -2.22. The van der Waals surface area contributed by atoms with Crippen LogP contribution in [0.15, 0.2) is 24.5 Å². The summed E-state index contributed by atoms with van der Waals surface area (Å²) in [6.07, 6.45) is 2.74. The van der Waals surface area contributed by atoms with Gasteiger partial charge in [0, 0.05) is 26.4 Å². The van der Waals surface area contributed by atoms with Crippen molar-refractivity contribution in [2.45, 2.75) is 19.1 Å². The van der Waals surface area contributed by atoms with Gasteiger partial charge >= 0.3 is 5.97 Å². The number of pyridine rings is 1. The normalized spacial score (nSPS) is 23.1. The number of carboxylic acid groups (broad SMARTS) is 1. The van der Waals surface area contributed by atoms with Gasteiger partial charge in [0.15, 0.2) is 0 Å². The number of hydrogen-bond donors (Lipinski definition) is 1. The van der Waals surface area contributed by atoms with Crippen LogP contribution in [-0.4, -0.2) is 52.0 Å². The lowest BCUT2D eigenvalue weighted by Crippen LogP contribution is -2.28. The third kappa shape index (κ3) is 2.82. The molecular weight excluding hydrogens is 346 g/mol. The Morgan fingerprint density at radius 1 is 1.38 bits per heavy atom. The van der Waals surface area contributed by atoms with E-state index in [0.29, 0.717) is 31.1 Å². The SMILES string of the molecule is COCc1nc(N2CC3C(C2)C3(F)F)ccc1Cn1cc(C(=O)O)cn1. The van der Waals surface area contributed by atoms with Crippen LogP contribution in [-0.2, 0) is 17.9 Å². The zero-order valence-electron chi connectivity index (χ0n) is 14.1. The number of halogens is 2. The number of carbonyl (C=O) groups is 1. The van der Waals surface area contributed by atoms with Crippen LogP contribution in [0.4, 0.5) is 14.6 Å². The lowest BCUT2D eigenvalue weighted by molar-refractivity contribution is 0.0696. The number of hydrogen-bond acceptors (Lipinski definition) is 5. The van der Waals surface area contributed by atoms with Crippen molar-refractivity contribution in [3.8, 4) is 0 Å². The summed E-state index contributed by atoms with van der Waals surface area (Å²) in [5, 5.41) is 13.0. The van der Waals surface area contributed by atoms with E-state index < -0.39 is 23.7 Å². The highest BCUT2D eigenvalue weighted by Gasteiger charge is 2.71. The zero-order valence-corrected chi connectivity index (χ0v) is 14.1. The summed E-state index contributed by atoms with van der Waals surface area (Å²) in [4.78, 5) is 17.4. The third-order valence-corrected chi connectivity index (χ3v) is 5.07. The van der Waals surface area contributed by atoms with E-state index in [1.165, 1.54) is 17.1 Å². The molecule has 2 aliphatic rings. The van der Waals surface area contributed by atoms with Crippen LogP contribution in [0.3, 0.4) is 0 Å². The van der Waals surface area contributed by atoms with Crippen molar-refractivity contribution in [3.05, 3.63) is 41.3 Å². The molecule has 0 radical (unpaired) electrons. The Bertz CT molecular complexity index is 840. The highest BCUT2D eigenvalue weighted by atomic mass is 19.3. The van der Waals surface area contributed by atoms with Gasteiger partial charge in [-0.1, -0.05) is 6.07 Å². The monoisotopic (exact) mass is 364 g/mol. The fourth-order valence-corrected chi connectivity index (χ4v) is 3.53. The largest absolute Gasteiger partial charge is 0.478 e. The van der Waals surface area contributed by atoms with Gasteiger partial charge in [-0.15, -0.1) is 0 Å². The van der Waals surface area contributed by atoms with Crippen molar-refractivity contribution in [3.63, 3.8) is 0 Å². The Morgan fingerprint density at radius 3 is 2.73 bits per heavy atom. The number of anilines is 1. The third-order valence-electron chi connectivity index (χ3n) is 5.07. The number of alkyl halides is 2. The summed E-state index contributed by atoms with van der Waals surface area (Å²) in [5.41, 5.74) is 1.63. The molecule has 9 heteroatoms. The molecular formula is C17H18F2N4O3. The van der Waals surface area contributed by atoms with E-state index in [4.69, 9.17) is 9.84 Å². The molecule has 2 unspecified atom stereocenters. The number of aromatic carboxylic acids is 1. The molecule has 2 aromatic heterocycles. The van der Waals surface area contributed by atoms with Crippen LogP contribution in [0.25, 0.3) is 0 Å². The van der Waals surface area contributed by atoms with Crippen molar-refractivity contribution in [2.75, 3.05) is 25.1 Å². The number of nitrogens with zero attached hydrogens (tertiary/aromatic N) is 4. The summed E-state index contributed by atoms with van der Waals surface area (Å²) in [6.45, 7) is 1.25. The number of carboxylic acids is 1. The maximum Gasteiger partial charge on any atom is 0.338 e. The first kappa shape index (κ1) is 16.9. The molecule has 26 heavy (non-hydrogen) atoms. The van der Waals surface area contributed by atoms with Crippen molar-refractivity contribution >= 4 is 11.8 Å². The number of rotatable bonds is 6. The molecule has 2 atom stereocenters. The minimum absolute atomic E-state index is 0.111. The fraction of sp³-hybridized carbons (Fsp3) is 0.471. The molecule has 1 aliphatic heterocycles. The highest BCUT2D eigenvalue weighted by Crippen LogP contribution is 2.59. The Kier molecular flexibility index (Phi) is 3.91. The van der Waals surface area contributed by atoms with Crippen molar-refractivity contribution in [2.24, 2.45) is 11.8 Å². The van der Waals surface area contributed by atoms with E-state index in [1.54, 1.807) is 13.2 Å². The Hall–Kier alpha value is -2.55. The first-order valence-electron chi connectivity index (χ1n) is 8.26. The van der Waals surface area contributed by atoms with Crippen LogP contribution in [0.1, 0.15) is 21.6 Å². The first-order chi connectivity index (χ1) is 12.4. The van der Waals surface area contributed by atoms with E-state index in [2.05, 4.69) is 10.1 Å².